The summed E-state index contributed by atoms with van der Waals surface area (Å²) in [6, 6.07) is 19.9. The van der Waals surface area contributed by atoms with E-state index in [1.807, 2.05) is 60.7 Å². The Hall–Kier alpha value is -4.58. The molecule has 4 aromatic rings. The molecule has 0 radical (unpaired) electrons. The van der Waals surface area contributed by atoms with E-state index in [-0.39, 0.29) is 18.7 Å². The highest BCUT2D eigenvalue weighted by atomic mass is 16.7. The van der Waals surface area contributed by atoms with Crippen molar-refractivity contribution in [1.29, 1.82) is 0 Å². The summed E-state index contributed by atoms with van der Waals surface area (Å²) in [4.78, 5) is 23.7. The van der Waals surface area contributed by atoms with Gasteiger partial charge in [0.15, 0.2) is 0 Å². The Morgan fingerprint density at radius 2 is 1.14 bits per heavy atom. The second-order valence-electron chi connectivity index (χ2n) is 8.42. The van der Waals surface area contributed by atoms with Crippen molar-refractivity contribution in [3.63, 3.8) is 0 Å². The Morgan fingerprint density at radius 3 is 1.57 bits per heavy atom. The number of carbonyl (C=O) groups excluding carboxylic acids is 2. The molecular formula is C31H26O6. The van der Waals surface area contributed by atoms with Crippen LogP contribution in [0, 0.1) is 0 Å². The lowest BCUT2D eigenvalue weighted by Gasteiger charge is -2.15. The molecule has 0 N–H and O–H groups in total. The standard InChI is InChI=1S/C31H26O6/c1-3-34-28(32)15-7-20-5-9-22-11-13-26-30(24(22)17-20)31-25-18-21(8-16-29(33)35-4-2)6-10-23(25)12-14-27(31)37-19-36-26/h5-18H,3-4,19H2,1-2H3/b15-7-,16-8-. The molecule has 1 heterocycles. The molecule has 0 amide bonds. The maximum atomic E-state index is 11.9. The number of carbonyl (C=O) groups is 2. The van der Waals surface area contributed by atoms with Crippen LogP contribution in [0.3, 0.4) is 0 Å². The van der Waals surface area contributed by atoms with Crippen LogP contribution in [0.4, 0.5) is 0 Å². The average molecular weight is 495 g/mol. The van der Waals surface area contributed by atoms with Gasteiger partial charge in [-0.15, -0.1) is 0 Å². The van der Waals surface area contributed by atoms with E-state index >= 15 is 0 Å². The van der Waals surface area contributed by atoms with E-state index in [9.17, 15) is 9.59 Å². The number of hydrogen-bond donors (Lipinski definition) is 0. The summed E-state index contributed by atoms with van der Waals surface area (Å²) in [5.41, 5.74) is 3.54. The van der Waals surface area contributed by atoms with Gasteiger partial charge in [-0.1, -0.05) is 36.4 Å². The molecule has 0 spiro atoms. The summed E-state index contributed by atoms with van der Waals surface area (Å²) >= 11 is 0. The molecule has 5 rings (SSSR count). The third kappa shape index (κ3) is 5.05. The van der Waals surface area contributed by atoms with Crippen molar-refractivity contribution < 1.29 is 28.5 Å². The Kier molecular flexibility index (Phi) is 6.90. The fraction of sp³-hybridized carbons (Fsp3) is 0.161. The smallest absolute Gasteiger partial charge is 0.330 e. The van der Waals surface area contributed by atoms with E-state index in [1.54, 1.807) is 26.0 Å². The minimum Gasteiger partial charge on any atom is -0.463 e. The monoisotopic (exact) mass is 494 g/mol. The van der Waals surface area contributed by atoms with Gasteiger partial charge in [-0.2, -0.15) is 0 Å². The van der Waals surface area contributed by atoms with Crippen LogP contribution in [-0.4, -0.2) is 31.9 Å². The first-order valence-electron chi connectivity index (χ1n) is 12.2. The number of rotatable bonds is 6. The number of fused-ring (bicyclic) bond motifs is 7. The Balaban J connectivity index is 1.70. The molecule has 0 aromatic heterocycles. The van der Waals surface area contributed by atoms with Crippen molar-refractivity contribution in [2.24, 2.45) is 0 Å². The molecule has 0 fully saturated rings. The third-order valence-corrected chi connectivity index (χ3v) is 6.09. The molecule has 4 aromatic carbocycles. The molecule has 0 bridgehead atoms. The van der Waals surface area contributed by atoms with Gasteiger partial charge in [0.1, 0.15) is 11.5 Å². The molecule has 0 unspecified atom stereocenters. The van der Waals surface area contributed by atoms with Gasteiger partial charge in [0.05, 0.1) is 13.2 Å². The first kappa shape index (κ1) is 24.1. The van der Waals surface area contributed by atoms with Crippen LogP contribution in [0.5, 0.6) is 11.5 Å². The van der Waals surface area contributed by atoms with Gasteiger partial charge < -0.3 is 18.9 Å². The molecule has 1 aliphatic rings. The van der Waals surface area contributed by atoms with E-state index in [4.69, 9.17) is 18.9 Å². The van der Waals surface area contributed by atoms with E-state index in [1.165, 1.54) is 12.2 Å². The Morgan fingerprint density at radius 1 is 0.703 bits per heavy atom. The van der Waals surface area contributed by atoms with Crippen molar-refractivity contribution in [3.8, 4) is 22.6 Å². The van der Waals surface area contributed by atoms with Gasteiger partial charge >= 0.3 is 11.9 Å². The van der Waals surface area contributed by atoms with Crippen LogP contribution >= 0.6 is 0 Å². The van der Waals surface area contributed by atoms with Gasteiger partial charge in [-0.3, -0.25) is 0 Å². The second kappa shape index (κ2) is 10.6. The first-order chi connectivity index (χ1) is 18.1. The maximum absolute atomic E-state index is 11.9. The van der Waals surface area contributed by atoms with Crippen molar-refractivity contribution >= 4 is 45.6 Å². The van der Waals surface area contributed by atoms with Crippen LogP contribution in [0.1, 0.15) is 25.0 Å². The zero-order valence-electron chi connectivity index (χ0n) is 20.7. The predicted molar refractivity (Wildman–Crippen MR) is 144 cm³/mol. The number of esters is 2. The van der Waals surface area contributed by atoms with E-state index in [0.717, 1.165) is 43.8 Å². The van der Waals surface area contributed by atoms with Crippen LogP contribution in [0.15, 0.2) is 72.8 Å². The molecule has 6 heteroatoms. The highest BCUT2D eigenvalue weighted by Gasteiger charge is 2.22. The predicted octanol–water partition coefficient (Wildman–Crippen LogP) is 6.54. The van der Waals surface area contributed by atoms with Gasteiger partial charge in [-0.05, 0) is 82.9 Å². The summed E-state index contributed by atoms with van der Waals surface area (Å²) in [5, 5.41) is 3.99. The van der Waals surface area contributed by atoms with Crippen molar-refractivity contribution in [3.05, 3.63) is 83.9 Å². The molecule has 1 aliphatic heterocycles. The summed E-state index contributed by atoms with van der Waals surface area (Å²) in [6.07, 6.45) is 6.34. The van der Waals surface area contributed by atoms with E-state index < -0.39 is 0 Å². The molecular weight excluding hydrogens is 468 g/mol. The fourth-order valence-electron chi connectivity index (χ4n) is 4.46. The van der Waals surface area contributed by atoms with Gasteiger partial charge in [0.25, 0.3) is 0 Å². The lowest BCUT2D eigenvalue weighted by atomic mass is 9.91. The number of benzene rings is 4. The average Bonchev–Trinajstić information content (AvgIpc) is 3.10. The normalized spacial score (nSPS) is 12.6. The van der Waals surface area contributed by atoms with E-state index in [2.05, 4.69) is 0 Å². The summed E-state index contributed by atoms with van der Waals surface area (Å²) in [6.45, 7) is 4.29. The summed E-state index contributed by atoms with van der Waals surface area (Å²) in [5.74, 6) is 0.646. The number of ether oxygens (including phenoxy) is 4. The van der Waals surface area contributed by atoms with E-state index in [0.29, 0.717) is 24.7 Å². The molecule has 0 atom stereocenters. The molecule has 0 saturated heterocycles. The molecule has 186 valence electrons. The minimum absolute atomic E-state index is 0.0852. The van der Waals surface area contributed by atoms with Crippen LogP contribution < -0.4 is 9.47 Å². The zero-order chi connectivity index (χ0) is 25.8. The Bertz CT molecular complexity index is 1450. The lowest BCUT2D eigenvalue weighted by Crippen LogP contribution is -2.03. The molecule has 0 saturated carbocycles. The minimum atomic E-state index is -0.383. The van der Waals surface area contributed by atoms with Gasteiger partial charge in [0, 0.05) is 23.3 Å². The van der Waals surface area contributed by atoms with Gasteiger partial charge in [0.2, 0.25) is 6.79 Å². The topological polar surface area (TPSA) is 71.1 Å². The molecule has 0 aliphatic carbocycles. The second-order valence-corrected chi connectivity index (χ2v) is 8.42. The van der Waals surface area contributed by atoms with Crippen molar-refractivity contribution in [2.75, 3.05) is 20.0 Å². The quantitative estimate of drug-likeness (QED) is 0.224. The highest BCUT2D eigenvalue weighted by molar-refractivity contribution is 6.11. The Labute approximate surface area is 214 Å². The van der Waals surface area contributed by atoms with Crippen LogP contribution in [0.25, 0.3) is 44.8 Å². The summed E-state index contributed by atoms with van der Waals surface area (Å²) < 4.78 is 22.0. The molecule has 37 heavy (non-hydrogen) atoms. The lowest BCUT2D eigenvalue weighted by molar-refractivity contribution is -0.138. The third-order valence-electron chi connectivity index (χ3n) is 6.09. The SMILES string of the molecule is CCOC(=O)/C=C\c1ccc2ccc3c(c2c1)-c1c(ccc2ccc(/C=C\C(=O)OCC)cc12)OCO3. The van der Waals surface area contributed by atoms with Crippen LogP contribution in [0.2, 0.25) is 0 Å². The molecule has 6 nitrogen and oxygen atoms in total. The first-order valence-corrected chi connectivity index (χ1v) is 12.2. The number of hydrogen-bond acceptors (Lipinski definition) is 6. The van der Waals surface area contributed by atoms with Crippen molar-refractivity contribution in [2.45, 2.75) is 13.8 Å². The summed E-state index contributed by atoms with van der Waals surface area (Å²) in [7, 11) is 0. The van der Waals surface area contributed by atoms with Crippen LogP contribution in [-0.2, 0) is 19.1 Å². The fourth-order valence-corrected chi connectivity index (χ4v) is 4.46. The highest BCUT2D eigenvalue weighted by Crippen LogP contribution is 2.47. The zero-order valence-corrected chi connectivity index (χ0v) is 20.7. The largest absolute Gasteiger partial charge is 0.463 e. The maximum Gasteiger partial charge on any atom is 0.330 e. The van der Waals surface area contributed by atoms with Crippen molar-refractivity contribution in [1.82, 2.24) is 0 Å². The van der Waals surface area contributed by atoms with Gasteiger partial charge in [-0.25, -0.2) is 9.59 Å².